The normalized spacial score (nSPS) is 17.7. The fourth-order valence-electron chi connectivity index (χ4n) is 1.66. The molecule has 2 unspecified atom stereocenters. The average molecular weight is 391 g/mol. The molecule has 9 heteroatoms. The highest BCUT2D eigenvalue weighted by Gasteiger charge is 2.47. The Hall–Kier alpha value is 1.05. The minimum atomic E-state index is -3.42. The van der Waals surface area contributed by atoms with Crippen LogP contribution in [0.5, 0.6) is 0 Å². The smallest absolute Gasteiger partial charge is 0.340 e. The lowest BCUT2D eigenvalue weighted by Gasteiger charge is -2.39. The van der Waals surface area contributed by atoms with Gasteiger partial charge in [-0.15, -0.1) is 11.6 Å². The van der Waals surface area contributed by atoms with Crippen LogP contribution in [0.15, 0.2) is 0 Å². The molecule has 21 heavy (non-hydrogen) atoms. The van der Waals surface area contributed by atoms with Gasteiger partial charge in [-0.2, -0.15) is 0 Å². The van der Waals surface area contributed by atoms with Crippen molar-refractivity contribution >= 4 is 44.1 Å². The molecule has 0 N–H and O–H groups in total. The van der Waals surface area contributed by atoms with Crippen LogP contribution in [0.4, 0.5) is 0 Å². The average Bonchev–Trinajstić information content (AvgIpc) is 2.05. The number of alkyl halides is 1. The van der Waals surface area contributed by atoms with Gasteiger partial charge in [-0.1, -0.05) is 0 Å². The Bertz CT molecular complexity index is 365. The van der Waals surface area contributed by atoms with Crippen molar-refractivity contribution in [3.8, 4) is 0 Å². The van der Waals surface area contributed by atoms with Crippen molar-refractivity contribution in [1.29, 1.82) is 0 Å². The highest BCUT2D eigenvalue weighted by Crippen LogP contribution is 2.59. The van der Waals surface area contributed by atoms with Crippen LogP contribution >= 0.6 is 19.2 Å². The Kier molecular flexibility index (Phi) is 7.66. The first-order valence-corrected chi connectivity index (χ1v) is 19.6. The monoisotopic (exact) mass is 390 g/mol. The van der Waals surface area contributed by atoms with E-state index >= 15 is 0 Å². The third-order valence-electron chi connectivity index (χ3n) is 1.98. The summed E-state index contributed by atoms with van der Waals surface area (Å²) >= 11 is 6.29. The summed E-state index contributed by atoms with van der Waals surface area (Å²) in [7, 11) is -9.48. The molecule has 2 atom stereocenters. The van der Waals surface area contributed by atoms with E-state index in [9.17, 15) is 4.57 Å². The van der Waals surface area contributed by atoms with Gasteiger partial charge in [0.1, 0.15) is 0 Å². The van der Waals surface area contributed by atoms with Crippen LogP contribution in [0.3, 0.4) is 0 Å². The Morgan fingerprint density at radius 2 is 1.14 bits per heavy atom. The number of rotatable bonds is 8. The molecule has 4 nitrogen and oxygen atoms in total. The summed E-state index contributed by atoms with van der Waals surface area (Å²) in [4.78, 5) is 0. The topological polar surface area (TPSA) is 44.8 Å². The van der Waals surface area contributed by atoms with E-state index in [-0.39, 0.29) is 0 Å². The highest BCUT2D eigenvalue weighted by atomic mass is 35.5. The van der Waals surface area contributed by atoms with Crippen molar-refractivity contribution in [3.05, 3.63) is 0 Å². The number of halogens is 1. The molecule has 0 aromatic heterocycles. The third kappa shape index (κ3) is 9.71. The summed E-state index contributed by atoms with van der Waals surface area (Å²) in [6.45, 7) is 19.9. The van der Waals surface area contributed by atoms with Crippen molar-refractivity contribution in [2.75, 3.05) is 0 Å². The Morgan fingerprint density at radius 1 is 0.810 bits per heavy atom. The molecule has 128 valence electrons. The van der Waals surface area contributed by atoms with Gasteiger partial charge in [0.05, 0.1) is 5.38 Å². The van der Waals surface area contributed by atoms with Crippen molar-refractivity contribution in [2.45, 2.75) is 77.1 Å². The molecule has 0 bridgehead atoms. The van der Waals surface area contributed by atoms with Crippen LogP contribution < -0.4 is 0 Å². The Labute approximate surface area is 138 Å². The zero-order chi connectivity index (χ0) is 17.3. The van der Waals surface area contributed by atoms with Crippen LogP contribution in [0, 0.1) is 0 Å². The SMILES string of the molecule is CC(Cl)C(O[Si](C)(C)C)P(=O)(O[Si](C)(C)C)O[Si](C)(C)C. The number of hydrogen-bond donors (Lipinski definition) is 0. The minimum absolute atomic E-state index is 0.435. The summed E-state index contributed by atoms with van der Waals surface area (Å²) in [6.07, 6.45) is 0. The molecule has 0 heterocycles. The van der Waals surface area contributed by atoms with Gasteiger partial charge in [0, 0.05) is 0 Å². The lowest BCUT2D eigenvalue weighted by Crippen LogP contribution is -2.41. The maximum atomic E-state index is 13.5. The maximum absolute atomic E-state index is 13.5. The van der Waals surface area contributed by atoms with Gasteiger partial charge in [-0.3, -0.25) is 4.57 Å². The van der Waals surface area contributed by atoms with E-state index in [1.54, 1.807) is 6.92 Å². The van der Waals surface area contributed by atoms with E-state index in [1.807, 2.05) is 58.9 Å². The lowest BCUT2D eigenvalue weighted by atomic mass is 10.5. The van der Waals surface area contributed by atoms with Gasteiger partial charge in [-0.25, -0.2) is 0 Å². The van der Waals surface area contributed by atoms with Crippen LogP contribution in [0.25, 0.3) is 0 Å². The van der Waals surface area contributed by atoms with Gasteiger partial charge in [0.15, 0.2) is 30.8 Å². The molecule has 0 fully saturated rings. The quantitative estimate of drug-likeness (QED) is 0.303. The molecule has 0 radical (unpaired) electrons. The molecule has 0 aromatic rings. The van der Waals surface area contributed by atoms with Gasteiger partial charge >= 0.3 is 7.60 Å². The van der Waals surface area contributed by atoms with Crippen LogP contribution in [0.2, 0.25) is 58.9 Å². The van der Waals surface area contributed by atoms with Crippen molar-refractivity contribution in [1.82, 2.24) is 0 Å². The largest absolute Gasteiger partial charge is 0.403 e. The maximum Gasteiger partial charge on any atom is 0.340 e. The first-order chi connectivity index (χ1) is 8.95. The molecule has 0 amide bonds. The molecular formula is C12H32ClO4PSi3. The van der Waals surface area contributed by atoms with Crippen LogP contribution in [-0.2, 0) is 17.4 Å². The first-order valence-electron chi connectivity index (χ1n) is 7.28. The van der Waals surface area contributed by atoms with Crippen molar-refractivity contribution < 1.29 is 17.4 Å². The summed E-state index contributed by atoms with van der Waals surface area (Å²) in [5.74, 6) is -0.704. The Balaban J connectivity index is 5.66. The van der Waals surface area contributed by atoms with E-state index in [0.717, 1.165) is 0 Å². The molecule has 0 spiro atoms. The van der Waals surface area contributed by atoms with Crippen molar-refractivity contribution in [3.63, 3.8) is 0 Å². The molecule has 0 aromatic carbocycles. The second-order valence-electron chi connectivity index (χ2n) is 8.25. The molecule has 0 aliphatic carbocycles. The zero-order valence-electron chi connectivity index (χ0n) is 15.1. The van der Waals surface area contributed by atoms with Gasteiger partial charge in [-0.05, 0) is 65.8 Å². The summed E-state index contributed by atoms with van der Waals surface area (Å²) < 4.78 is 31.6. The molecule has 0 aliphatic heterocycles. The molecule has 0 saturated carbocycles. The van der Waals surface area contributed by atoms with Gasteiger partial charge in [0.2, 0.25) is 0 Å². The predicted octanol–water partition coefficient (Wildman–Crippen LogP) is 5.69. The van der Waals surface area contributed by atoms with E-state index in [2.05, 4.69) is 0 Å². The highest BCUT2D eigenvalue weighted by molar-refractivity contribution is 7.57. The van der Waals surface area contributed by atoms with E-state index in [0.29, 0.717) is 0 Å². The van der Waals surface area contributed by atoms with Gasteiger partial charge in [0.25, 0.3) is 0 Å². The second-order valence-corrected chi connectivity index (χ2v) is 24.9. The van der Waals surface area contributed by atoms with Crippen LogP contribution in [-0.4, -0.2) is 36.2 Å². The molecule has 0 aliphatic rings. The predicted molar refractivity (Wildman–Crippen MR) is 100 cm³/mol. The summed E-state index contributed by atoms with van der Waals surface area (Å²) in [5, 5.41) is -0.435. The second kappa shape index (κ2) is 7.30. The molecule has 0 rings (SSSR count). The first kappa shape index (κ1) is 22.1. The summed E-state index contributed by atoms with van der Waals surface area (Å²) in [5.41, 5.74) is 0. The standard InChI is InChI=1S/C12H32ClO4PSi3/c1-11(13)12(15-19(2,3)4)18(14,16-20(5,6)7)17-21(8,9)10/h11-12H,1-10H3. The molecule has 0 saturated heterocycles. The van der Waals surface area contributed by atoms with Gasteiger partial charge < -0.3 is 12.9 Å². The van der Waals surface area contributed by atoms with E-state index in [1.165, 1.54) is 0 Å². The van der Waals surface area contributed by atoms with Crippen molar-refractivity contribution in [2.24, 2.45) is 0 Å². The van der Waals surface area contributed by atoms with Crippen LogP contribution in [0.1, 0.15) is 6.92 Å². The fraction of sp³-hybridized carbons (Fsp3) is 1.00. The lowest BCUT2D eigenvalue weighted by molar-refractivity contribution is 0.221. The minimum Gasteiger partial charge on any atom is -0.403 e. The number of hydrogen-bond acceptors (Lipinski definition) is 4. The van der Waals surface area contributed by atoms with E-state index in [4.69, 9.17) is 24.5 Å². The van der Waals surface area contributed by atoms with E-state index < -0.39 is 43.8 Å². The fourth-order valence-corrected chi connectivity index (χ4v) is 12.5. The Morgan fingerprint density at radius 3 is 1.33 bits per heavy atom. The zero-order valence-corrected chi connectivity index (χ0v) is 19.8. The molecular weight excluding hydrogens is 359 g/mol. The summed E-state index contributed by atoms with van der Waals surface area (Å²) in [6, 6.07) is 0. The third-order valence-corrected chi connectivity index (χ3v) is 11.1.